The predicted molar refractivity (Wildman–Crippen MR) is 130 cm³/mol. The third-order valence-corrected chi connectivity index (χ3v) is 7.86. The second-order valence-electron chi connectivity index (χ2n) is 10.5. The Hall–Kier alpha value is -2.72. The lowest BCUT2D eigenvalue weighted by molar-refractivity contribution is -0.384. The summed E-state index contributed by atoms with van der Waals surface area (Å²) in [7, 11) is 0. The minimum atomic E-state index is -0.379. The summed E-state index contributed by atoms with van der Waals surface area (Å²) in [6, 6.07) is 4.92. The minimum Gasteiger partial charge on any atom is -0.372 e. The predicted octanol–water partition coefficient (Wildman–Crippen LogP) is 1.52. The number of carbonyl (C=O) groups excluding carboxylic acids is 2. The summed E-state index contributed by atoms with van der Waals surface area (Å²) in [6.07, 6.45) is 2.54. The van der Waals surface area contributed by atoms with Crippen molar-refractivity contribution in [1.82, 2.24) is 14.7 Å². The van der Waals surface area contributed by atoms with Gasteiger partial charge in [-0.05, 0) is 44.7 Å². The maximum Gasteiger partial charge on any atom is 0.269 e. The first-order valence-electron chi connectivity index (χ1n) is 12.8. The van der Waals surface area contributed by atoms with E-state index in [1.807, 2.05) is 29.7 Å². The molecule has 3 fully saturated rings. The third-order valence-electron chi connectivity index (χ3n) is 7.86. The molecule has 190 valence electrons. The fourth-order valence-corrected chi connectivity index (χ4v) is 6.26. The van der Waals surface area contributed by atoms with Crippen LogP contribution in [0, 0.1) is 16.0 Å². The van der Waals surface area contributed by atoms with Gasteiger partial charge in [0.1, 0.15) is 0 Å². The van der Waals surface area contributed by atoms with Crippen molar-refractivity contribution in [3.63, 3.8) is 0 Å². The van der Waals surface area contributed by atoms with Gasteiger partial charge in [-0.25, -0.2) is 0 Å². The number of nitro benzene ring substituents is 1. The number of carbonyl (C=O) groups is 2. The zero-order valence-electron chi connectivity index (χ0n) is 20.6. The van der Waals surface area contributed by atoms with Crippen LogP contribution in [0.15, 0.2) is 18.2 Å². The van der Waals surface area contributed by atoms with Gasteiger partial charge >= 0.3 is 0 Å². The summed E-state index contributed by atoms with van der Waals surface area (Å²) in [4.78, 5) is 46.0. The Morgan fingerprint density at radius 1 is 1.03 bits per heavy atom. The highest BCUT2D eigenvalue weighted by atomic mass is 16.6. The summed E-state index contributed by atoms with van der Waals surface area (Å²) in [5.41, 5.74) is 1.88. The van der Waals surface area contributed by atoms with Crippen molar-refractivity contribution in [2.24, 2.45) is 5.92 Å². The lowest BCUT2D eigenvalue weighted by Gasteiger charge is -2.50. The van der Waals surface area contributed by atoms with Gasteiger partial charge in [-0.1, -0.05) is 0 Å². The molecule has 4 aliphatic heterocycles. The van der Waals surface area contributed by atoms with Crippen LogP contribution >= 0.6 is 0 Å². The molecule has 0 N–H and O–H groups in total. The maximum atomic E-state index is 13.9. The maximum absolute atomic E-state index is 13.9. The first-order valence-corrected chi connectivity index (χ1v) is 12.8. The van der Waals surface area contributed by atoms with E-state index in [1.54, 1.807) is 12.1 Å². The quantitative estimate of drug-likeness (QED) is 0.471. The number of nitrogens with zero attached hydrogens (tertiary/aromatic N) is 5. The van der Waals surface area contributed by atoms with Crippen molar-refractivity contribution in [2.75, 3.05) is 57.3 Å². The number of anilines is 1. The number of benzene rings is 1. The molecule has 0 aromatic heterocycles. The third kappa shape index (κ3) is 4.86. The van der Waals surface area contributed by atoms with Gasteiger partial charge in [0.05, 0.1) is 35.6 Å². The number of hydrogen-bond acceptors (Lipinski definition) is 7. The monoisotopic (exact) mass is 485 g/mol. The number of rotatable bonds is 4. The Labute approximate surface area is 205 Å². The molecule has 5 rings (SSSR count). The van der Waals surface area contributed by atoms with Crippen molar-refractivity contribution in [3.05, 3.63) is 33.9 Å². The number of hydrogen-bond donors (Lipinski definition) is 0. The number of amides is 2. The van der Waals surface area contributed by atoms with E-state index in [2.05, 4.69) is 9.80 Å². The fraction of sp³-hybridized carbons (Fsp3) is 0.680. The minimum absolute atomic E-state index is 0.0308. The SMILES string of the molecule is C[C@@H]1CN(C(=O)[C@@H]2Cc3cc([N+](=O)[O-])ccc3N3CCN(CC(=O)N4CCCC4)C[C@H]23)C[C@@H](C)O1. The van der Waals surface area contributed by atoms with Gasteiger partial charge in [-0.15, -0.1) is 0 Å². The number of fused-ring (bicyclic) bond motifs is 3. The molecule has 0 saturated carbocycles. The summed E-state index contributed by atoms with van der Waals surface area (Å²) in [6.45, 7) is 9.14. The molecular weight excluding hydrogens is 450 g/mol. The molecule has 10 nitrogen and oxygen atoms in total. The Balaban J connectivity index is 1.40. The van der Waals surface area contributed by atoms with Crippen LogP contribution in [0.25, 0.3) is 0 Å². The molecule has 0 spiro atoms. The zero-order chi connectivity index (χ0) is 24.7. The molecule has 0 aliphatic carbocycles. The van der Waals surface area contributed by atoms with Crippen molar-refractivity contribution < 1.29 is 19.2 Å². The van der Waals surface area contributed by atoms with E-state index < -0.39 is 0 Å². The molecule has 4 atom stereocenters. The molecule has 10 heteroatoms. The summed E-state index contributed by atoms with van der Waals surface area (Å²) in [5, 5.41) is 11.4. The van der Waals surface area contributed by atoms with Crippen LogP contribution in [0.5, 0.6) is 0 Å². The second kappa shape index (κ2) is 9.73. The van der Waals surface area contributed by atoms with Crippen LogP contribution in [-0.2, 0) is 20.7 Å². The number of nitro groups is 1. The molecule has 35 heavy (non-hydrogen) atoms. The van der Waals surface area contributed by atoms with Gasteiger partial charge in [0.15, 0.2) is 0 Å². The first kappa shape index (κ1) is 24.0. The summed E-state index contributed by atoms with van der Waals surface area (Å²) >= 11 is 0. The number of morpholine rings is 1. The molecule has 4 aliphatic rings. The fourth-order valence-electron chi connectivity index (χ4n) is 6.26. The highest BCUT2D eigenvalue weighted by Crippen LogP contribution is 2.38. The molecule has 1 aromatic carbocycles. The van der Waals surface area contributed by atoms with Gasteiger partial charge < -0.3 is 19.4 Å². The number of ether oxygens (including phenoxy) is 1. The largest absolute Gasteiger partial charge is 0.372 e. The molecule has 0 bridgehead atoms. The Morgan fingerprint density at radius 2 is 1.74 bits per heavy atom. The molecular formula is C25H35N5O5. The number of likely N-dealkylation sites (tertiary alicyclic amines) is 1. The Kier molecular flexibility index (Phi) is 6.67. The molecule has 3 saturated heterocycles. The van der Waals surface area contributed by atoms with E-state index in [0.717, 1.165) is 43.7 Å². The Bertz CT molecular complexity index is 986. The van der Waals surface area contributed by atoms with Gasteiger partial charge in [0.2, 0.25) is 11.8 Å². The van der Waals surface area contributed by atoms with E-state index in [4.69, 9.17) is 4.74 Å². The van der Waals surface area contributed by atoms with E-state index in [-0.39, 0.29) is 46.6 Å². The zero-order valence-corrected chi connectivity index (χ0v) is 20.6. The number of non-ortho nitro benzene ring substituents is 1. The van der Waals surface area contributed by atoms with Crippen molar-refractivity contribution in [3.8, 4) is 0 Å². The van der Waals surface area contributed by atoms with Crippen LogP contribution in [-0.4, -0.2) is 102 Å². The first-order chi connectivity index (χ1) is 16.8. The van der Waals surface area contributed by atoms with E-state index >= 15 is 0 Å². The van der Waals surface area contributed by atoms with Crippen molar-refractivity contribution >= 4 is 23.2 Å². The summed E-state index contributed by atoms with van der Waals surface area (Å²) in [5.74, 6) is -0.0833. The van der Waals surface area contributed by atoms with Crippen LogP contribution in [0.4, 0.5) is 11.4 Å². The van der Waals surface area contributed by atoms with Crippen LogP contribution in [0.3, 0.4) is 0 Å². The highest BCUT2D eigenvalue weighted by molar-refractivity contribution is 5.83. The van der Waals surface area contributed by atoms with E-state index in [1.165, 1.54) is 0 Å². The lowest BCUT2D eigenvalue weighted by Crippen LogP contribution is -2.63. The van der Waals surface area contributed by atoms with Crippen molar-refractivity contribution in [2.45, 2.75) is 51.4 Å². The van der Waals surface area contributed by atoms with Crippen LogP contribution < -0.4 is 4.90 Å². The van der Waals surface area contributed by atoms with Gasteiger partial charge in [0.25, 0.3) is 5.69 Å². The molecule has 2 amide bonds. The average molecular weight is 486 g/mol. The average Bonchev–Trinajstić information content (AvgIpc) is 3.37. The summed E-state index contributed by atoms with van der Waals surface area (Å²) < 4.78 is 5.84. The van der Waals surface area contributed by atoms with Gasteiger partial charge in [-0.2, -0.15) is 0 Å². The molecule has 0 unspecified atom stereocenters. The van der Waals surface area contributed by atoms with Gasteiger partial charge in [-0.3, -0.25) is 24.6 Å². The lowest BCUT2D eigenvalue weighted by atomic mass is 9.82. The van der Waals surface area contributed by atoms with Crippen molar-refractivity contribution in [1.29, 1.82) is 0 Å². The standard InChI is InChI=1S/C25H35N5O5/c1-17-13-28(14-18(2)35-17)25(32)21-12-19-11-20(30(33)34)5-6-22(19)29-10-9-26(15-23(21)29)16-24(31)27-7-3-4-8-27/h5-6,11,17-18,21,23H,3-4,7-10,12-16H2,1-2H3/t17-,18-,21-,23-/m1/s1. The smallest absolute Gasteiger partial charge is 0.269 e. The molecule has 1 aromatic rings. The molecule has 0 radical (unpaired) electrons. The molecule has 4 heterocycles. The van der Waals surface area contributed by atoms with E-state index in [0.29, 0.717) is 39.1 Å². The normalized spacial score (nSPS) is 29.0. The second-order valence-corrected chi connectivity index (χ2v) is 10.5. The van der Waals surface area contributed by atoms with Crippen LogP contribution in [0.2, 0.25) is 0 Å². The van der Waals surface area contributed by atoms with Gasteiger partial charge in [0, 0.05) is 63.6 Å². The number of piperazine rings is 1. The topological polar surface area (TPSA) is 99.5 Å². The van der Waals surface area contributed by atoms with Crippen LogP contribution in [0.1, 0.15) is 32.3 Å². The Morgan fingerprint density at radius 3 is 2.43 bits per heavy atom. The van der Waals surface area contributed by atoms with E-state index in [9.17, 15) is 19.7 Å². The highest BCUT2D eigenvalue weighted by Gasteiger charge is 2.44.